The summed E-state index contributed by atoms with van der Waals surface area (Å²) < 4.78 is 0. The molecule has 6 aliphatic rings. The fourth-order valence-electron chi connectivity index (χ4n) is 4.03. The van der Waals surface area contributed by atoms with Crippen LogP contribution >= 0.6 is 0 Å². The Morgan fingerprint density at radius 1 is 0.222 bits per heavy atom. The van der Waals surface area contributed by atoms with Crippen molar-refractivity contribution >= 4 is 18.2 Å². The van der Waals surface area contributed by atoms with Gasteiger partial charge in [-0.3, -0.25) is 0 Å². The van der Waals surface area contributed by atoms with Crippen LogP contribution in [0.15, 0.2) is 36.4 Å². The van der Waals surface area contributed by atoms with Gasteiger partial charge in [0, 0.05) is 17.8 Å². The molecule has 0 unspecified atom stereocenters. The summed E-state index contributed by atoms with van der Waals surface area (Å²) in [6, 6.07) is 6.66. The van der Waals surface area contributed by atoms with Crippen molar-refractivity contribution < 1.29 is 51.2 Å². The summed E-state index contributed by atoms with van der Waals surface area (Å²) in [4.78, 5) is 0. The molecule has 30 radical (unpaired) electrons. The average molecular weight is 708 g/mol. The molecule has 0 atom stereocenters. The van der Waals surface area contributed by atoms with Crippen LogP contribution in [0.2, 0.25) is 0 Å². The average Bonchev–Trinajstić information content (AvgIpc) is 3.88. The van der Waals surface area contributed by atoms with E-state index in [2.05, 4.69) is 132 Å². The SMILES string of the molecule is [CH]1[CH][CH][CH][CH]1.[CH]1[CH][CH][CH][CH]1.[CH]1[CH][CH][CH][CH]1.[CH]1[CH][CH][C](/C=C/c2cc(/C=C/[C]3[CH][CH][CH][CH]3)cc(/C=C/[C]3[CH][CH][CH][CH]3)c2)[CH]1.[Fe+2].[Fe+2].[Fe+2]. The quantitative estimate of drug-likeness (QED) is 0.259. The first-order chi connectivity index (χ1) is 20.8. The van der Waals surface area contributed by atoms with Gasteiger partial charge in [0.25, 0.3) is 0 Å². The van der Waals surface area contributed by atoms with E-state index in [1.165, 1.54) is 34.4 Å². The predicted molar refractivity (Wildman–Crippen MR) is 179 cm³/mol. The van der Waals surface area contributed by atoms with Gasteiger partial charge < -0.3 is 0 Å². The van der Waals surface area contributed by atoms with E-state index in [4.69, 9.17) is 0 Å². The third-order valence-corrected chi connectivity index (χ3v) is 6.14. The molecule has 1 aromatic rings. The third-order valence-electron chi connectivity index (χ3n) is 6.14. The molecule has 6 saturated carbocycles. The molecule has 0 heterocycles. The number of hydrogen-bond acceptors (Lipinski definition) is 0. The minimum absolute atomic E-state index is 0. The number of hydrogen-bond donors (Lipinski definition) is 0. The van der Waals surface area contributed by atoms with E-state index in [9.17, 15) is 0 Å². The minimum Gasteiger partial charge on any atom is -0.0762 e. The summed E-state index contributed by atoms with van der Waals surface area (Å²) in [6.07, 6.45) is 68.1. The molecule has 0 nitrogen and oxygen atoms in total. The maximum absolute atomic E-state index is 2.22. The van der Waals surface area contributed by atoms with E-state index in [0.717, 1.165) is 0 Å². The topological polar surface area (TPSA) is 0 Å². The van der Waals surface area contributed by atoms with Crippen molar-refractivity contribution in [1.82, 2.24) is 0 Å². The van der Waals surface area contributed by atoms with Gasteiger partial charge in [-0.1, -0.05) is 36.5 Å². The van der Waals surface area contributed by atoms with Gasteiger partial charge >= 0.3 is 51.2 Å². The van der Waals surface area contributed by atoms with Crippen LogP contribution < -0.4 is 0 Å². The number of benzene rings is 1. The zero-order valence-electron chi connectivity index (χ0n) is 24.8. The Morgan fingerprint density at radius 3 is 0.578 bits per heavy atom. The van der Waals surface area contributed by atoms with E-state index in [1.54, 1.807) is 0 Å². The Balaban J connectivity index is 0.000000459. The van der Waals surface area contributed by atoms with Crippen molar-refractivity contribution in [3.05, 3.63) is 244 Å². The molecule has 0 N–H and O–H groups in total. The zero-order valence-corrected chi connectivity index (χ0v) is 28.2. The Hall–Kier alpha value is -0.00156. The number of allylic oxidation sites excluding steroid dienone is 3. The molecule has 0 aliphatic heterocycles. The molecule has 0 bridgehead atoms. The van der Waals surface area contributed by atoms with Crippen LogP contribution in [0.25, 0.3) is 18.2 Å². The van der Waals surface area contributed by atoms with Crippen molar-refractivity contribution in [2.24, 2.45) is 0 Å². The van der Waals surface area contributed by atoms with Gasteiger partial charge in [0.05, 0.1) is 0 Å². The largest absolute Gasteiger partial charge is 2.00 e. The summed E-state index contributed by atoms with van der Waals surface area (Å²) in [5.74, 6) is 3.67. The van der Waals surface area contributed by atoms with Crippen molar-refractivity contribution in [2.75, 3.05) is 0 Å². The van der Waals surface area contributed by atoms with Gasteiger partial charge in [-0.05, 0) is 208 Å². The first-order valence-electron chi connectivity index (χ1n) is 14.2. The second-order valence-corrected chi connectivity index (χ2v) is 9.47. The second-order valence-electron chi connectivity index (χ2n) is 9.47. The summed E-state index contributed by atoms with van der Waals surface area (Å²) in [5.41, 5.74) is 3.59. The van der Waals surface area contributed by atoms with Crippen LogP contribution in [0.5, 0.6) is 0 Å². The fourth-order valence-corrected chi connectivity index (χ4v) is 4.03. The van der Waals surface area contributed by atoms with Crippen LogP contribution in [0.4, 0.5) is 0 Å². The standard InChI is InChI=1S/C27H21.3C5H5.3Fe/c1-2-8-22(7-1)13-16-25-19-26(17-14-23-9-3-4-10-23)21-27(20-25)18-15-24-11-5-6-12-24;3*1-2-4-5-3-1;;;/h1-21H;3*1-5H;;;/q;;;;3*+2/b16-13+,17-14+,18-15+;;;;;;. The van der Waals surface area contributed by atoms with Crippen LogP contribution in [0.3, 0.4) is 0 Å². The van der Waals surface area contributed by atoms with Gasteiger partial charge in [0.2, 0.25) is 0 Å². The molecule has 7 rings (SSSR count). The first-order valence-corrected chi connectivity index (χ1v) is 14.2. The van der Waals surface area contributed by atoms with Crippen LogP contribution in [-0.2, 0) is 51.2 Å². The molecule has 3 heteroatoms. The third kappa shape index (κ3) is 19.6. The molecular weight excluding hydrogens is 672 g/mol. The Labute approximate surface area is 311 Å². The molecule has 6 fully saturated rings. The van der Waals surface area contributed by atoms with Gasteiger partial charge in [-0.2, -0.15) is 0 Å². The van der Waals surface area contributed by atoms with Crippen molar-refractivity contribution in [3.8, 4) is 0 Å². The maximum atomic E-state index is 2.22. The van der Waals surface area contributed by atoms with Gasteiger partial charge in [0.1, 0.15) is 0 Å². The molecule has 222 valence electrons. The summed E-state index contributed by atoms with van der Waals surface area (Å²) in [7, 11) is 0. The van der Waals surface area contributed by atoms with Crippen molar-refractivity contribution in [2.45, 2.75) is 0 Å². The van der Waals surface area contributed by atoms with Crippen molar-refractivity contribution in [3.63, 3.8) is 0 Å². The van der Waals surface area contributed by atoms with Gasteiger partial charge in [0.15, 0.2) is 0 Å². The second kappa shape index (κ2) is 27.9. The number of rotatable bonds is 6. The molecule has 1 aromatic carbocycles. The smallest absolute Gasteiger partial charge is 0.0762 e. The molecular formula is C42H36Fe3+6. The van der Waals surface area contributed by atoms with E-state index < -0.39 is 0 Å². The first kappa shape index (κ1) is 43.0. The maximum Gasteiger partial charge on any atom is 2.00 e. The molecule has 0 spiro atoms. The van der Waals surface area contributed by atoms with Crippen LogP contribution in [0, 0.1) is 191 Å². The van der Waals surface area contributed by atoms with Gasteiger partial charge in [-0.25, -0.2) is 0 Å². The monoisotopic (exact) mass is 708 g/mol. The Morgan fingerprint density at radius 2 is 0.400 bits per heavy atom. The van der Waals surface area contributed by atoms with E-state index in [-0.39, 0.29) is 51.2 Å². The van der Waals surface area contributed by atoms with E-state index in [1.807, 2.05) is 96.3 Å². The zero-order chi connectivity index (χ0) is 28.9. The summed E-state index contributed by atoms with van der Waals surface area (Å²) in [6.45, 7) is 0. The normalized spacial score (nSPS) is 21.9. The summed E-state index contributed by atoms with van der Waals surface area (Å²) in [5, 5.41) is 0. The van der Waals surface area contributed by atoms with E-state index in [0.29, 0.717) is 0 Å². The Bertz CT molecular complexity index is 748. The molecule has 0 saturated heterocycles. The van der Waals surface area contributed by atoms with Crippen molar-refractivity contribution in [1.29, 1.82) is 0 Å². The molecule has 0 amide bonds. The minimum atomic E-state index is 0. The molecule has 6 aliphatic carbocycles. The van der Waals surface area contributed by atoms with Gasteiger partial charge in [-0.15, -0.1) is 0 Å². The Kier molecular flexibility index (Phi) is 26.7. The van der Waals surface area contributed by atoms with Crippen LogP contribution in [0.1, 0.15) is 16.7 Å². The van der Waals surface area contributed by atoms with Crippen LogP contribution in [-0.4, -0.2) is 0 Å². The predicted octanol–water partition coefficient (Wildman–Crippen LogP) is 9.00. The molecule has 45 heavy (non-hydrogen) atoms. The molecule has 0 aromatic heterocycles. The fraction of sp³-hybridized carbons (Fsp3) is 0. The summed E-state index contributed by atoms with van der Waals surface area (Å²) >= 11 is 0. The van der Waals surface area contributed by atoms with E-state index >= 15 is 0 Å².